The minimum Gasteiger partial charge on any atom is -0.455 e. The standard InChI is InChI=1S/C76H47N3OS2/c1-4-17-48(18-5-1)49-19-16-24-55(39-49)79-69-37-32-50(42-66(69)67-43-51-31-35-64-60-25-10-13-28-71(60)80-76(64)65(51)47-70(67)79)52-40-58(77(53-20-6-2-7-21-53)56-34-38-74-68(45-56)62-27-12-15-30-73(62)81-74)44-59(41-52)78(54-22-8-3-9-23-54)57-33-36-63-61-26-11-14-29-72(61)82-75(63)46-57/h1-47H. The number of rotatable bonds is 9. The first-order chi connectivity index (χ1) is 40.6. The molecular weight excluding hydrogens is 1030 g/mol. The maximum absolute atomic E-state index is 6.73. The highest BCUT2D eigenvalue weighted by Crippen LogP contribution is 2.48. The van der Waals surface area contributed by atoms with Crippen LogP contribution in [0.3, 0.4) is 0 Å². The number of anilines is 6. The zero-order valence-electron chi connectivity index (χ0n) is 44.2. The maximum Gasteiger partial charge on any atom is 0.143 e. The first kappa shape index (κ1) is 46.7. The summed E-state index contributed by atoms with van der Waals surface area (Å²) in [6.45, 7) is 0. The van der Waals surface area contributed by atoms with Gasteiger partial charge in [0.05, 0.1) is 11.0 Å². The van der Waals surface area contributed by atoms with Crippen LogP contribution in [-0.4, -0.2) is 4.57 Å². The molecule has 0 saturated heterocycles. The molecule has 0 aliphatic heterocycles. The Balaban J connectivity index is 0.928. The number of nitrogens with zero attached hydrogens (tertiary/aromatic N) is 3. The van der Waals surface area contributed by atoms with Crippen molar-refractivity contribution in [2.75, 3.05) is 9.80 Å². The van der Waals surface area contributed by atoms with Crippen LogP contribution in [0.15, 0.2) is 290 Å². The van der Waals surface area contributed by atoms with Gasteiger partial charge in [-0.2, -0.15) is 0 Å². The van der Waals surface area contributed by atoms with Gasteiger partial charge in [-0.15, -0.1) is 22.7 Å². The molecule has 0 aliphatic carbocycles. The smallest absolute Gasteiger partial charge is 0.143 e. The molecule has 4 nitrogen and oxygen atoms in total. The van der Waals surface area contributed by atoms with Gasteiger partial charge in [0.15, 0.2) is 0 Å². The van der Waals surface area contributed by atoms with E-state index in [1.165, 1.54) is 62.2 Å². The highest BCUT2D eigenvalue weighted by Gasteiger charge is 2.23. The van der Waals surface area contributed by atoms with E-state index in [0.29, 0.717) is 0 Å². The van der Waals surface area contributed by atoms with Crippen molar-refractivity contribution in [3.05, 3.63) is 285 Å². The van der Waals surface area contributed by atoms with Crippen LogP contribution in [0.2, 0.25) is 0 Å². The minimum atomic E-state index is 0.894. The van der Waals surface area contributed by atoms with Gasteiger partial charge in [0, 0.05) is 107 Å². The predicted molar refractivity (Wildman–Crippen MR) is 352 cm³/mol. The molecule has 4 aromatic heterocycles. The summed E-state index contributed by atoms with van der Waals surface area (Å²) in [5, 5.41) is 11.9. The molecular formula is C76H47N3OS2. The highest BCUT2D eigenvalue weighted by molar-refractivity contribution is 7.26. The van der Waals surface area contributed by atoms with Crippen molar-refractivity contribution >= 4 is 152 Å². The molecule has 0 aliphatic rings. The van der Waals surface area contributed by atoms with Crippen LogP contribution in [0.5, 0.6) is 0 Å². The van der Waals surface area contributed by atoms with Crippen molar-refractivity contribution in [1.82, 2.24) is 4.57 Å². The van der Waals surface area contributed by atoms with Crippen molar-refractivity contribution in [2.24, 2.45) is 0 Å². The Bertz CT molecular complexity index is 5360. The molecule has 384 valence electrons. The molecule has 0 unspecified atom stereocenters. The van der Waals surface area contributed by atoms with E-state index >= 15 is 0 Å². The molecule has 4 heterocycles. The van der Waals surface area contributed by atoms with Crippen LogP contribution in [0, 0.1) is 0 Å². The number of thiophene rings is 2. The normalized spacial score (nSPS) is 11.9. The maximum atomic E-state index is 6.73. The highest BCUT2D eigenvalue weighted by atomic mass is 32.1. The van der Waals surface area contributed by atoms with Crippen LogP contribution in [0.25, 0.3) is 123 Å². The predicted octanol–water partition coefficient (Wildman–Crippen LogP) is 22.8. The summed E-state index contributed by atoms with van der Waals surface area (Å²) in [4.78, 5) is 4.87. The van der Waals surface area contributed by atoms with Gasteiger partial charge in [0.2, 0.25) is 0 Å². The SMILES string of the molecule is c1ccc(-c2cccc(-n3c4ccc(-c5cc(N(c6ccccc6)c6ccc7c(c6)sc6ccccc67)cc(N(c6ccccc6)c6ccc7sc8ccccc8c7c6)c5)cc4c4cc5ccc6c7ccccc7oc6c5cc43)c2)cc1. The number of aromatic nitrogens is 1. The Labute approximate surface area is 480 Å². The zero-order chi connectivity index (χ0) is 53.8. The van der Waals surface area contributed by atoms with E-state index in [1.54, 1.807) is 0 Å². The first-order valence-corrected chi connectivity index (χ1v) is 29.4. The number of hydrogen-bond donors (Lipinski definition) is 0. The molecule has 0 spiro atoms. The lowest BCUT2D eigenvalue weighted by atomic mass is 9.99. The van der Waals surface area contributed by atoms with Gasteiger partial charge in [-0.25, -0.2) is 0 Å². The fourth-order valence-electron chi connectivity index (χ4n) is 12.7. The van der Waals surface area contributed by atoms with Gasteiger partial charge in [-0.05, 0) is 161 Å². The van der Waals surface area contributed by atoms with Gasteiger partial charge in [0.25, 0.3) is 0 Å². The van der Waals surface area contributed by atoms with Crippen LogP contribution >= 0.6 is 22.7 Å². The Kier molecular flexibility index (Phi) is 10.6. The summed E-state index contributed by atoms with van der Waals surface area (Å²) in [6.07, 6.45) is 0. The van der Waals surface area contributed by atoms with Crippen molar-refractivity contribution < 1.29 is 4.42 Å². The average Bonchev–Trinajstić information content (AvgIpc) is 4.28. The molecule has 82 heavy (non-hydrogen) atoms. The van der Waals surface area contributed by atoms with Gasteiger partial charge in [0.1, 0.15) is 11.2 Å². The third kappa shape index (κ3) is 7.57. The molecule has 0 saturated carbocycles. The molecule has 17 aromatic rings. The Morgan fingerprint density at radius 3 is 1.60 bits per heavy atom. The Morgan fingerprint density at radius 1 is 0.268 bits per heavy atom. The van der Waals surface area contributed by atoms with Crippen molar-refractivity contribution in [3.8, 4) is 27.9 Å². The number of furan rings is 1. The zero-order valence-corrected chi connectivity index (χ0v) is 45.8. The van der Waals surface area contributed by atoms with E-state index in [-0.39, 0.29) is 0 Å². The average molecular weight is 1080 g/mol. The molecule has 0 atom stereocenters. The van der Waals surface area contributed by atoms with E-state index in [1.807, 2.05) is 28.7 Å². The monoisotopic (exact) mass is 1080 g/mol. The van der Waals surface area contributed by atoms with E-state index in [0.717, 1.165) is 94.7 Å². The van der Waals surface area contributed by atoms with Gasteiger partial charge in [-0.1, -0.05) is 152 Å². The van der Waals surface area contributed by atoms with E-state index < -0.39 is 0 Å². The molecule has 0 fully saturated rings. The first-order valence-electron chi connectivity index (χ1n) is 27.8. The third-order valence-electron chi connectivity index (χ3n) is 16.5. The number of para-hydroxylation sites is 3. The van der Waals surface area contributed by atoms with Gasteiger partial charge < -0.3 is 18.8 Å². The molecule has 0 radical (unpaired) electrons. The fraction of sp³-hybridized carbons (Fsp3) is 0. The summed E-state index contributed by atoms with van der Waals surface area (Å²) in [5.74, 6) is 0. The summed E-state index contributed by atoms with van der Waals surface area (Å²) >= 11 is 3.70. The number of benzene rings is 13. The largest absolute Gasteiger partial charge is 0.455 e. The second-order valence-electron chi connectivity index (χ2n) is 21.3. The second kappa shape index (κ2) is 18.7. The molecule has 6 heteroatoms. The van der Waals surface area contributed by atoms with Crippen LogP contribution in [0.1, 0.15) is 0 Å². The van der Waals surface area contributed by atoms with Crippen molar-refractivity contribution in [2.45, 2.75) is 0 Å². The fourth-order valence-corrected chi connectivity index (χ4v) is 14.9. The lowest BCUT2D eigenvalue weighted by molar-refractivity contribution is 0.672. The van der Waals surface area contributed by atoms with Gasteiger partial charge >= 0.3 is 0 Å². The Morgan fingerprint density at radius 2 is 0.841 bits per heavy atom. The number of hydrogen-bond acceptors (Lipinski definition) is 5. The summed E-state index contributed by atoms with van der Waals surface area (Å²) < 4.78 is 14.3. The lowest BCUT2D eigenvalue weighted by Crippen LogP contribution is -2.13. The van der Waals surface area contributed by atoms with Gasteiger partial charge in [-0.3, -0.25) is 0 Å². The summed E-state index contributed by atoms with van der Waals surface area (Å²) in [5.41, 5.74) is 16.1. The second-order valence-corrected chi connectivity index (χ2v) is 23.4. The van der Waals surface area contributed by atoms with Crippen LogP contribution in [0.4, 0.5) is 34.1 Å². The minimum absolute atomic E-state index is 0.894. The third-order valence-corrected chi connectivity index (χ3v) is 18.8. The molecule has 0 amide bonds. The summed E-state index contributed by atoms with van der Waals surface area (Å²) in [7, 11) is 0. The van der Waals surface area contributed by atoms with Crippen molar-refractivity contribution in [3.63, 3.8) is 0 Å². The molecule has 17 rings (SSSR count). The number of fused-ring (bicyclic) bond motifs is 14. The molecule has 0 bridgehead atoms. The molecule has 0 N–H and O–H groups in total. The van der Waals surface area contributed by atoms with Crippen LogP contribution in [-0.2, 0) is 0 Å². The quantitative estimate of drug-likeness (QED) is 0.144. The molecule has 13 aromatic carbocycles. The van der Waals surface area contributed by atoms with E-state index in [4.69, 9.17) is 4.42 Å². The van der Waals surface area contributed by atoms with E-state index in [2.05, 4.69) is 293 Å². The van der Waals surface area contributed by atoms with E-state index in [9.17, 15) is 0 Å². The van der Waals surface area contributed by atoms with Crippen LogP contribution < -0.4 is 9.80 Å². The summed E-state index contributed by atoms with van der Waals surface area (Å²) in [6, 6.07) is 105. The van der Waals surface area contributed by atoms with Crippen molar-refractivity contribution in [1.29, 1.82) is 0 Å². The Hall–Kier alpha value is -10.2. The topological polar surface area (TPSA) is 24.6 Å². The lowest BCUT2D eigenvalue weighted by Gasteiger charge is -2.30.